The zero-order valence-corrected chi connectivity index (χ0v) is 13.6. The van der Waals surface area contributed by atoms with Gasteiger partial charge >= 0.3 is 0 Å². The molecule has 0 spiro atoms. The first-order valence-electron chi connectivity index (χ1n) is 6.81. The second kappa shape index (κ2) is 6.51. The van der Waals surface area contributed by atoms with Gasteiger partial charge in [-0.2, -0.15) is 0 Å². The predicted molar refractivity (Wildman–Crippen MR) is 88.8 cm³/mol. The van der Waals surface area contributed by atoms with Gasteiger partial charge in [-0.05, 0) is 36.4 Å². The summed E-state index contributed by atoms with van der Waals surface area (Å²) in [5, 5.41) is 5.52. The molecule has 0 unspecified atom stereocenters. The van der Waals surface area contributed by atoms with Crippen LogP contribution >= 0.6 is 23.2 Å². The number of carbonyl (C=O) groups is 3. The Morgan fingerprint density at radius 3 is 2.54 bits per heavy atom. The van der Waals surface area contributed by atoms with Gasteiger partial charge in [0, 0.05) is 10.7 Å². The van der Waals surface area contributed by atoms with Gasteiger partial charge in [-0.1, -0.05) is 23.2 Å². The van der Waals surface area contributed by atoms with Gasteiger partial charge < -0.3 is 10.1 Å². The number of ether oxygens (including phenoxy) is 1. The van der Waals surface area contributed by atoms with Gasteiger partial charge in [0.05, 0.1) is 16.1 Å². The molecule has 3 amide bonds. The normalized spacial score (nSPS) is 12.6. The van der Waals surface area contributed by atoms with Crippen molar-refractivity contribution in [3.8, 4) is 5.75 Å². The van der Waals surface area contributed by atoms with Crippen molar-refractivity contribution < 1.29 is 19.1 Å². The molecule has 0 bridgehead atoms. The molecule has 8 heteroatoms. The number of carbonyl (C=O) groups excluding carboxylic acids is 3. The van der Waals surface area contributed by atoms with Crippen molar-refractivity contribution in [1.29, 1.82) is 0 Å². The lowest BCUT2D eigenvalue weighted by Gasteiger charge is -2.09. The van der Waals surface area contributed by atoms with E-state index >= 15 is 0 Å². The van der Waals surface area contributed by atoms with Crippen LogP contribution in [0.4, 0.5) is 5.69 Å². The lowest BCUT2D eigenvalue weighted by atomic mass is 10.1. The van der Waals surface area contributed by atoms with E-state index in [1.807, 2.05) is 0 Å². The van der Waals surface area contributed by atoms with Gasteiger partial charge in [-0.3, -0.25) is 19.7 Å². The maximum Gasteiger partial charge on any atom is 0.262 e. The van der Waals surface area contributed by atoms with Crippen molar-refractivity contribution in [3.63, 3.8) is 0 Å². The first kappa shape index (κ1) is 16.3. The topological polar surface area (TPSA) is 84.5 Å². The second-order valence-electron chi connectivity index (χ2n) is 4.96. The molecule has 0 atom stereocenters. The number of rotatable bonds is 4. The minimum absolute atomic E-state index is 0.222. The van der Waals surface area contributed by atoms with Crippen molar-refractivity contribution in [1.82, 2.24) is 5.32 Å². The van der Waals surface area contributed by atoms with E-state index in [9.17, 15) is 14.4 Å². The largest absolute Gasteiger partial charge is 0.482 e. The molecule has 2 aromatic rings. The van der Waals surface area contributed by atoms with Gasteiger partial charge in [0.25, 0.3) is 17.7 Å². The molecule has 1 aliphatic rings. The SMILES string of the molecule is O=C(COc1ccc(Cl)cc1Cl)Nc1ccc2c(c1)C(=O)NC2=O. The number of halogens is 2. The molecule has 24 heavy (non-hydrogen) atoms. The summed E-state index contributed by atoms with van der Waals surface area (Å²) >= 11 is 11.7. The Morgan fingerprint density at radius 1 is 1.04 bits per heavy atom. The first-order valence-corrected chi connectivity index (χ1v) is 7.57. The third-order valence-corrected chi connectivity index (χ3v) is 3.80. The summed E-state index contributed by atoms with van der Waals surface area (Å²) in [5.41, 5.74) is 0.885. The quantitative estimate of drug-likeness (QED) is 0.816. The fraction of sp³-hybridized carbons (Fsp3) is 0.0625. The molecule has 0 saturated carbocycles. The van der Waals surface area contributed by atoms with Crippen LogP contribution < -0.4 is 15.4 Å². The highest BCUT2D eigenvalue weighted by molar-refractivity contribution is 6.35. The summed E-state index contributed by atoms with van der Waals surface area (Å²) in [6.45, 7) is -0.274. The molecule has 3 rings (SSSR count). The molecule has 0 aromatic heterocycles. The first-order chi connectivity index (χ1) is 11.4. The van der Waals surface area contributed by atoms with E-state index in [1.54, 1.807) is 12.1 Å². The molecular formula is C16H10Cl2N2O4. The number of fused-ring (bicyclic) bond motifs is 1. The lowest BCUT2D eigenvalue weighted by molar-refractivity contribution is -0.118. The Morgan fingerprint density at radius 2 is 1.79 bits per heavy atom. The molecule has 0 fully saturated rings. The summed E-state index contributed by atoms with van der Waals surface area (Å²) in [6, 6.07) is 9.10. The van der Waals surface area contributed by atoms with Gasteiger partial charge in [-0.15, -0.1) is 0 Å². The van der Waals surface area contributed by atoms with Crippen LogP contribution in [0.3, 0.4) is 0 Å². The van der Waals surface area contributed by atoms with Gasteiger partial charge in [0.15, 0.2) is 6.61 Å². The van der Waals surface area contributed by atoms with Crippen molar-refractivity contribution >= 4 is 46.6 Å². The number of hydrogen-bond acceptors (Lipinski definition) is 4. The lowest BCUT2D eigenvalue weighted by Crippen LogP contribution is -2.20. The summed E-state index contributed by atoms with van der Waals surface area (Å²) in [6.07, 6.45) is 0. The number of amides is 3. The van der Waals surface area contributed by atoms with Gasteiger partial charge in [0.1, 0.15) is 5.75 Å². The molecule has 0 saturated heterocycles. The number of anilines is 1. The van der Waals surface area contributed by atoms with Gasteiger partial charge in [0.2, 0.25) is 0 Å². The average molecular weight is 365 g/mol. The summed E-state index contributed by atoms with van der Waals surface area (Å²) in [4.78, 5) is 35.0. The molecule has 1 heterocycles. The molecule has 2 N–H and O–H groups in total. The summed E-state index contributed by atoms with van der Waals surface area (Å²) in [7, 11) is 0. The zero-order valence-electron chi connectivity index (χ0n) is 12.1. The van der Waals surface area contributed by atoms with Crippen LogP contribution in [0.25, 0.3) is 0 Å². The number of hydrogen-bond donors (Lipinski definition) is 2. The fourth-order valence-electron chi connectivity index (χ4n) is 2.18. The van der Waals surface area contributed by atoms with Crippen LogP contribution in [-0.2, 0) is 4.79 Å². The third-order valence-electron chi connectivity index (χ3n) is 3.27. The molecule has 1 aliphatic heterocycles. The van der Waals surface area contributed by atoms with Crippen LogP contribution in [0.1, 0.15) is 20.7 Å². The van der Waals surface area contributed by atoms with E-state index < -0.39 is 17.7 Å². The average Bonchev–Trinajstić information content (AvgIpc) is 2.81. The number of benzene rings is 2. The maximum absolute atomic E-state index is 11.9. The minimum atomic E-state index is -0.490. The Bertz CT molecular complexity index is 867. The smallest absolute Gasteiger partial charge is 0.262 e. The van der Waals surface area contributed by atoms with E-state index in [-0.39, 0.29) is 17.7 Å². The molecule has 2 aromatic carbocycles. The number of nitrogens with one attached hydrogen (secondary N) is 2. The molecule has 0 radical (unpaired) electrons. The van der Waals surface area contributed by atoms with Crippen LogP contribution in [0.15, 0.2) is 36.4 Å². The van der Waals surface area contributed by atoms with E-state index in [0.717, 1.165) is 0 Å². The molecular weight excluding hydrogens is 355 g/mol. The van der Waals surface area contributed by atoms with Crippen molar-refractivity contribution in [3.05, 3.63) is 57.6 Å². The van der Waals surface area contributed by atoms with Gasteiger partial charge in [-0.25, -0.2) is 0 Å². The highest BCUT2D eigenvalue weighted by Gasteiger charge is 2.26. The van der Waals surface area contributed by atoms with Crippen molar-refractivity contribution in [2.45, 2.75) is 0 Å². The highest BCUT2D eigenvalue weighted by atomic mass is 35.5. The second-order valence-corrected chi connectivity index (χ2v) is 5.80. The third kappa shape index (κ3) is 3.34. The predicted octanol–water partition coefficient (Wildman–Crippen LogP) is 2.89. The van der Waals surface area contributed by atoms with Crippen LogP contribution in [0.2, 0.25) is 10.0 Å². The summed E-state index contributed by atoms with van der Waals surface area (Å²) in [5.74, 6) is -1.05. The van der Waals surface area contributed by atoms with E-state index in [4.69, 9.17) is 27.9 Å². The maximum atomic E-state index is 11.9. The zero-order chi connectivity index (χ0) is 17.3. The van der Waals surface area contributed by atoms with E-state index in [2.05, 4.69) is 10.6 Å². The van der Waals surface area contributed by atoms with Crippen LogP contribution in [0.5, 0.6) is 5.75 Å². The van der Waals surface area contributed by atoms with Crippen LogP contribution in [0, 0.1) is 0 Å². The Labute approximate surface area is 146 Å². The number of imide groups is 1. The highest BCUT2D eigenvalue weighted by Crippen LogP contribution is 2.27. The van der Waals surface area contributed by atoms with E-state index in [0.29, 0.717) is 21.5 Å². The fourth-order valence-corrected chi connectivity index (χ4v) is 2.64. The Balaban J connectivity index is 1.64. The standard InChI is InChI=1S/C16H10Cl2N2O4/c17-8-1-4-13(12(18)5-8)24-7-14(21)19-9-2-3-10-11(6-9)16(23)20-15(10)22/h1-6H,7H2,(H,19,21)(H,20,22,23). The van der Waals surface area contributed by atoms with E-state index in [1.165, 1.54) is 24.3 Å². The molecule has 0 aliphatic carbocycles. The monoisotopic (exact) mass is 364 g/mol. The summed E-state index contributed by atoms with van der Waals surface area (Å²) < 4.78 is 5.32. The Kier molecular flexibility index (Phi) is 4.42. The van der Waals surface area contributed by atoms with Crippen molar-refractivity contribution in [2.75, 3.05) is 11.9 Å². The van der Waals surface area contributed by atoms with Crippen molar-refractivity contribution in [2.24, 2.45) is 0 Å². The molecule has 6 nitrogen and oxygen atoms in total. The molecule has 122 valence electrons. The van der Waals surface area contributed by atoms with Crippen LogP contribution in [-0.4, -0.2) is 24.3 Å². The minimum Gasteiger partial charge on any atom is -0.482 e. The Hall–Kier alpha value is -2.57.